The van der Waals surface area contributed by atoms with Crippen molar-refractivity contribution >= 4 is 11.6 Å². The van der Waals surface area contributed by atoms with E-state index in [4.69, 9.17) is 4.74 Å². The number of hydrogen-bond acceptors (Lipinski definition) is 4. The first-order chi connectivity index (χ1) is 12.9. The van der Waals surface area contributed by atoms with E-state index < -0.39 is 17.6 Å². The van der Waals surface area contributed by atoms with Gasteiger partial charge in [0.1, 0.15) is 12.3 Å². The zero-order valence-electron chi connectivity index (χ0n) is 13.9. The fourth-order valence-electron chi connectivity index (χ4n) is 2.18. The van der Waals surface area contributed by atoms with Gasteiger partial charge in [-0.3, -0.25) is 4.79 Å². The smallest absolute Gasteiger partial charge is 0.416 e. The predicted molar refractivity (Wildman–Crippen MR) is 92.2 cm³/mol. The van der Waals surface area contributed by atoms with Crippen LogP contribution in [-0.4, -0.2) is 15.9 Å². The number of anilines is 1. The standard InChI is InChI=1S/C19H14F3N3O2/c20-19(21,22)14-6-8-15(9-7-14)25-18(26)16-10-24-17(11-23-16)27-12-13-4-2-1-3-5-13/h1-11H,12H2,(H,25,26). The minimum atomic E-state index is -4.43. The largest absolute Gasteiger partial charge is 0.472 e. The monoisotopic (exact) mass is 373 g/mol. The van der Waals surface area contributed by atoms with Gasteiger partial charge in [-0.05, 0) is 29.8 Å². The van der Waals surface area contributed by atoms with E-state index in [1.54, 1.807) is 0 Å². The zero-order chi connectivity index (χ0) is 19.3. The van der Waals surface area contributed by atoms with Crippen molar-refractivity contribution < 1.29 is 22.7 Å². The molecule has 1 N–H and O–H groups in total. The molecule has 1 heterocycles. The highest BCUT2D eigenvalue weighted by Gasteiger charge is 2.30. The molecule has 1 amide bonds. The summed E-state index contributed by atoms with van der Waals surface area (Å²) in [6, 6.07) is 13.6. The fourth-order valence-corrected chi connectivity index (χ4v) is 2.18. The summed E-state index contributed by atoms with van der Waals surface area (Å²) < 4.78 is 43.1. The molecule has 0 aliphatic rings. The first-order valence-electron chi connectivity index (χ1n) is 7.89. The summed E-state index contributed by atoms with van der Waals surface area (Å²) in [7, 11) is 0. The molecule has 0 unspecified atom stereocenters. The number of ether oxygens (including phenoxy) is 1. The molecule has 0 aliphatic heterocycles. The van der Waals surface area contributed by atoms with Crippen LogP contribution in [0.2, 0.25) is 0 Å². The summed E-state index contributed by atoms with van der Waals surface area (Å²) in [4.78, 5) is 20.1. The zero-order valence-corrected chi connectivity index (χ0v) is 13.9. The number of alkyl halides is 3. The van der Waals surface area contributed by atoms with Crippen molar-refractivity contribution in [2.75, 3.05) is 5.32 Å². The minimum Gasteiger partial charge on any atom is -0.472 e. The van der Waals surface area contributed by atoms with Gasteiger partial charge in [0.25, 0.3) is 5.91 Å². The highest BCUT2D eigenvalue weighted by atomic mass is 19.4. The number of amides is 1. The Morgan fingerprint density at radius 3 is 2.26 bits per heavy atom. The van der Waals surface area contributed by atoms with Crippen molar-refractivity contribution in [3.8, 4) is 5.88 Å². The normalized spacial score (nSPS) is 11.1. The molecule has 3 aromatic rings. The lowest BCUT2D eigenvalue weighted by atomic mass is 10.2. The SMILES string of the molecule is O=C(Nc1ccc(C(F)(F)F)cc1)c1cnc(OCc2ccccc2)cn1. The molecule has 0 saturated heterocycles. The Morgan fingerprint density at radius 2 is 1.67 bits per heavy atom. The Labute approximate surface area is 152 Å². The maximum Gasteiger partial charge on any atom is 0.416 e. The second-order valence-corrected chi connectivity index (χ2v) is 5.54. The maximum absolute atomic E-state index is 12.5. The summed E-state index contributed by atoms with van der Waals surface area (Å²) in [5, 5.41) is 2.46. The number of benzene rings is 2. The molecule has 3 rings (SSSR count). The van der Waals surface area contributed by atoms with Gasteiger partial charge in [-0.25, -0.2) is 9.97 Å². The molecule has 0 atom stereocenters. The Kier molecular flexibility index (Phi) is 5.35. The molecule has 0 radical (unpaired) electrons. The lowest BCUT2D eigenvalue weighted by Crippen LogP contribution is -2.14. The molecule has 2 aromatic carbocycles. The van der Waals surface area contributed by atoms with Crippen LogP contribution in [0.3, 0.4) is 0 Å². The van der Waals surface area contributed by atoms with Crippen LogP contribution in [0.25, 0.3) is 0 Å². The van der Waals surface area contributed by atoms with E-state index >= 15 is 0 Å². The lowest BCUT2D eigenvalue weighted by Gasteiger charge is -2.09. The number of halogens is 3. The van der Waals surface area contributed by atoms with E-state index in [1.165, 1.54) is 24.5 Å². The number of aromatic nitrogens is 2. The first-order valence-corrected chi connectivity index (χ1v) is 7.89. The number of nitrogens with zero attached hydrogens (tertiary/aromatic N) is 2. The molecule has 138 valence electrons. The van der Waals surface area contributed by atoms with Gasteiger partial charge < -0.3 is 10.1 Å². The van der Waals surface area contributed by atoms with Crippen LogP contribution < -0.4 is 10.1 Å². The molecule has 0 spiro atoms. The van der Waals surface area contributed by atoms with Gasteiger partial charge in [0.2, 0.25) is 5.88 Å². The maximum atomic E-state index is 12.5. The quantitative estimate of drug-likeness (QED) is 0.723. The average Bonchev–Trinajstić information content (AvgIpc) is 2.67. The molecule has 8 heteroatoms. The number of nitrogens with one attached hydrogen (secondary N) is 1. The third-order valence-corrected chi connectivity index (χ3v) is 3.56. The summed E-state index contributed by atoms with van der Waals surface area (Å²) in [6.07, 6.45) is -1.88. The van der Waals surface area contributed by atoms with Gasteiger partial charge >= 0.3 is 6.18 Å². The second-order valence-electron chi connectivity index (χ2n) is 5.54. The van der Waals surface area contributed by atoms with Gasteiger partial charge in [-0.1, -0.05) is 30.3 Å². The molecule has 27 heavy (non-hydrogen) atoms. The van der Waals surface area contributed by atoms with Crippen molar-refractivity contribution in [2.24, 2.45) is 0 Å². The van der Waals surface area contributed by atoms with Gasteiger partial charge in [-0.15, -0.1) is 0 Å². The van der Waals surface area contributed by atoms with Crippen molar-refractivity contribution in [1.82, 2.24) is 9.97 Å². The molecular weight excluding hydrogens is 359 g/mol. The highest BCUT2D eigenvalue weighted by molar-refractivity contribution is 6.02. The van der Waals surface area contributed by atoms with E-state index in [0.29, 0.717) is 6.61 Å². The van der Waals surface area contributed by atoms with Crippen LogP contribution in [-0.2, 0) is 12.8 Å². The second kappa shape index (κ2) is 7.86. The van der Waals surface area contributed by atoms with E-state index in [1.807, 2.05) is 30.3 Å². The Balaban J connectivity index is 1.58. The van der Waals surface area contributed by atoms with E-state index in [2.05, 4.69) is 15.3 Å². The Bertz CT molecular complexity index is 896. The van der Waals surface area contributed by atoms with Crippen molar-refractivity contribution in [3.63, 3.8) is 0 Å². The molecule has 0 fully saturated rings. The number of rotatable bonds is 5. The summed E-state index contributed by atoms with van der Waals surface area (Å²) in [5.74, 6) is -0.332. The third-order valence-electron chi connectivity index (χ3n) is 3.56. The van der Waals surface area contributed by atoms with Gasteiger partial charge in [0.05, 0.1) is 18.0 Å². The number of carbonyl (C=O) groups excluding carboxylic acids is 1. The molecule has 5 nitrogen and oxygen atoms in total. The van der Waals surface area contributed by atoms with Crippen LogP contribution >= 0.6 is 0 Å². The first kappa shape index (κ1) is 18.4. The fraction of sp³-hybridized carbons (Fsp3) is 0.105. The van der Waals surface area contributed by atoms with Crippen LogP contribution in [0.15, 0.2) is 67.0 Å². The third kappa shape index (κ3) is 5.04. The number of carbonyl (C=O) groups is 1. The van der Waals surface area contributed by atoms with Gasteiger partial charge in [-0.2, -0.15) is 13.2 Å². The van der Waals surface area contributed by atoms with Crippen molar-refractivity contribution in [1.29, 1.82) is 0 Å². The Morgan fingerprint density at radius 1 is 0.963 bits per heavy atom. The number of hydrogen-bond donors (Lipinski definition) is 1. The minimum absolute atomic E-state index is 0.0157. The summed E-state index contributed by atoms with van der Waals surface area (Å²) >= 11 is 0. The van der Waals surface area contributed by atoms with Crippen LogP contribution in [0.4, 0.5) is 18.9 Å². The van der Waals surface area contributed by atoms with Crippen molar-refractivity contribution in [2.45, 2.75) is 12.8 Å². The molecule has 0 bridgehead atoms. The molecular formula is C19H14F3N3O2. The van der Waals surface area contributed by atoms with Gasteiger partial charge in [0.15, 0.2) is 0 Å². The Hall–Kier alpha value is -3.42. The molecule has 1 aromatic heterocycles. The predicted octanol–water partition coefficient (Wildman–Crippen LogP) is 4.33. The lowest BCUT2D eigenvalue weighted by molar-refractivity contribution is -0.137. The van der Waals surface area contributed by atoms with Gasteiger partial charge in [0, 0.05) is 5.69 Å². The van der Waals surface area contributed by atoms with E-state index in [9.17, 15) is 18.0 Å². The average molecular weight is 373 g/mol. The summed E-state index contributed by atoms with van der Waals surface area (Å²) in [6.45, 7) is 0.312. The van der Waals surface area contributed by atoms with Crippen LogP contribution in [0.5, 0.6) is 5.88 Å². The van der Waals surface area contributed by atoms with Crippen LogP contribution in [0, 0.1) is 0 Å². The highest BCUT2D eigenvalue weighted by Crippen LogP contribution is 2.29. The van der Waals surface area contributed by atoms with E-state index in [0.717, 1.165) is 17.7 Å². The van der Waals surface area contributed by atoms with Crippen LogP contribution in [0.1, 0.15) is 21.6 Å². The molecule has 0 aliphatic carbocycles. The van der Waals surface area contributed by atoms with Crippen molar-refractivity contribution in [3.05, 3.63) is 83.8 Å². The summed E-state index contributed by atoms with van der Waals surface area (Å²) in [5.41, 5.74) is 0.407. The topological polar surface area (TPSA) is 64.1 Å². The van der Waals surface area contributed by atoms with E-state index in [-0.39, 0.29) is 17.3 Å². The molecule has 0 saturated carbocycles.